The first kappa shape index (κ1) is 10.3. The molecule has 1 heterocycles. The van der Waals surface area contributed by atoms with Gasteiger partial charge in [-0.1, -0.05) is 11.8 Å². The first-order valence-electron chi connectivity index (χ1n) is 3.94. The van der Waals surface area contributed by atoms with Gasteiger partial charge in [0, 0.05) is 7.05 Å². The van der Waals surface area contributed by atoms with Crippen LogP contribution in [0.25, 0.3) is 0 Å². The number of carbonyl (C=O) groups excluding carboxylic acids is 1. The van der Waals surface area contributed by atoms with E-state index in [1.165, 1.54) is 11.8 Å². The van der Waals surface area contributed by atoms with Crippen molar-refractivity contribution < 1.29 is 4.79 Å². The van der Waals surface area contributed by atoms with Crippen LogP contribution < -0.4 is 5.32 Å². The molecular weight excluding hydrogens is 186 g/mol. The SMILES string of the molecule is CNCC(=O)c1cnc(SC)n1C. The Bertz CT molecular complexity index is 308. The van der Waals surface area contributed by atoms with Gasteiger partial charge in [-0.05, 0) is 13.3 Å². The molecule has 0 aliphatic heterocycles. The van der Waals surface area contributed by atoms with Gasteiger partial charge in [0.25, 0.3) is 0 Å². The number of nitrogens with one attached hydrogen (secondary N) is 1. The van der Waals surface area contributed by atoms with Crippen LogP contribution >= 0.6 is 11.8 Å². The van der Waals surface area contributed by atoms with Gasteiger partial charge in [-0.3, -0.25) is 4.79 Å². The first-order valence-corrected chi connectivity index (χ1v) is 5.16. The number of aromatic nitrogens is 2. The van der Waals surface area contributed by atoms with Crippen LogP contribution in [0.15, 0.2) is 11.4 Å². The molecule has 1 rings (SSSR count). The third-order valence-corrected chi connectivity index (χ3v) is 2.50. The van der Waals surface area contributed by atoms with Crippen molar-refractivity contribution in [3.05, 3.63) is 11.9 Å². The van der Waals surface area contributed by atoms with Crippen molar-refractivity contribution in [2.75, 3.05) is 19.8 Å². The molecule has 0 radical (unpaired) electrons. The smallest absolute Gasteiger partial charge is 0.194 e. The number of nitrogens with zero attached hydrogens (tertiary/aromatic N) is 2. The van der Waals surface area contributed by atoms with Crippen LogP contribution in [0, 0.1) is 0 Å². The van der Waals surface area contributed by atoms with Crippen LogP contribution in [0.3, 0.4) is 0 Å². The number of likely N-dealkylation sites (N-methyl/N-ethyl adjacent to an activating group) is 1. The lowest BCUT2D eigenvalue weighted by Gasteiger charge is -2.02. The maximum Gasteiger partial charge on any atom is 0.194 e. The minimum absolute atomic E-state index is 0.0674. The summed E-state index contributed by atoms with van der Waals surface area (Å²) in [7, 11) is 3.60. The van der Waals surface area contributed by atoms with E-state index in [1.807, 2.05) is 17.9 Å². The Morgan fingerprint density at radius 1 is 1.77 bits per heavy atom. The molecule has 4 nitrogen and oxygen atoms in total. The Balaban J connectivity index is 2.89. The number of ketones is 1. The first-order chi connectivity index (χ1) is 6.20. The normalized spacial score (nSPS) is 10.4. The topological polar surface area (TPSA) is 46.9 Å². The second kappa shape index (κ2) is 4.43. The van der Waals surface area contributed by atoms with Crippen LogP contribution in [0.4, 0.5) is 0 Å². The number of imidazole rings is 1. The lowest BCUT2D eigenvalue weighted by molar-refractivity contribution is 0.0985. The Morgan fingerprint density at radius 2 is 2.46 bits per heavy atom. The predicted molar refractivity (Wildman–Crippen MR) is 53.2 cm³/mol. The Labute approximate surface area is 81.7 Å². The summed E-state index contributed by atoms with van der Waals surface area (Å²) in [5, 5.41) is 3.68. The molecule has 0 unspecified atom stereocenters. The quantitative estimate of drug-likeness (QED) is 0.568. The number of thioether (sulfide) groups is 1. The molecule has 0 bridgehead atoms. The van der Waals surface area contributed by atoms with E-state index in [4.69, 9.17) is 0 Å². The van der Waals surface area contributed by atoms with Gasteiger partial charge in [0.05, 0.1) is 12.7 Å². The maximum absolute atomic E-state index is 11.5. The molecule has 0 saturated carbocycles. The highest BCUT2D eigenvalue weighted by atomic mass is 32.2. The van der Waals surface area contributed by atoms with E-state index in [-0.39, 0.29) is 5.78 Å². The van der Waals surface area contributed by atoms with Crippen LogP contribution in [0.1, 0.15) is 10.5 Å². The highest BCUT2D eigenvalue weighted by molar-refractivity contribution is 7.98. The highest BCUT2D eigenvalue weighted by Crippen LogP contribution is 2.13. The van der Waals surface area contributed by atoms with Gasteiger partial charge in [-0.2, -0.15) is 0 Å². The molecule has 0 aliphatic carbocycles. The van der Waals surface area contributed by atoms with E-state index in [0.717, 1.165) is 5.16 Å². The average Bonchev–Trinajstić information content (AvgIpc) is 2.47. The van der Waals surface area contributed by atoms with Gasteiger partial charge in [-0.15, -0.1) is 0 Å². The van der Waals surface area contributed by atoms with E-state index in [1.54, 1.807) is 13.2 Å². The van der Waals surface area contributed by atoms with Crippen molar-refractivity contribution in [3.63, 3.8) is 0 Å². The Hall–Kier alpha value is -0.810. The maximum atomic E-state index is 11.5. The summed E-state index contributed by atoms with van der Waals surface area (Å²) < 4.78 is 1.81. The number of rotatable bonds is 4. The van der Waals surface area contributed by atoms with Crippen molar-refractivity contribution in [2.24, 2.45) is 7.05 Å². The summed E-state index contributed by atoms with van der Waals surface area (Å²) >= 11 is 1.53. The summed E-state index contributed by atoms with van der Waals surface area (Å²) in [4.78, 5) is 15.6. The number of hydrogen-bond acceptors (Lipinski definition) is 4. The minimum Gasteiger partial charge on any atom is -0.320 e. The van der Waals surface area contributed by atoms with Crippen LogP contribution in [0.2, 0.25) is 0 Å². The second-order valence-corrected chi connectivity index (χ2v) is 3.42. The molecular formula is C8H13N3OS. The van der Waals surface area contributed by atoms with Gasteiger partial charge < -0.3 is 9.88 Å². The van der Waals surface area contributed by atoms with Gasteiger partial charge in [0.1, 0.15) is 5.69 Å². The van der Waals surface area contributed by atoms with Gasteiger partial charge in [-0.25, -0.2) is 4.98 Å². The van der Waals surface area contributed by atoms with E-state index in [0.29, 0.717) is 12.2 Å². The number of Topliss-reactive ketones (excluding diaryl/α,β-unsaturated/α-hetero) is 1. The molecule has 0 atom stereocenters. The number of carbonyl (C=O) groups is 1. The number of hydrogen-bond donors (Lipinski definition) is 1. The summed E-state index contributed by atoms with van der Waals surface area (Å²) in [5.41, 5.74) is 0.652. The standard InChI is InChI=1S/C8H13N3OS/c1-9-5-7(12)6-4-10-8(13-3)11(6)2/h4,9H,5H2,1-3H3. The largest absolute Gasteiger partial charge is 0.320 e. The summed E-state index contributed by atoms with van der Waals surface area (Å²) in [6.45, 7) is 0.355. The molecule has 1 aromatic heterocycles. The van der Waals surface area contributed by atoms with Crippen molar-refractivity contribution in [1.29, 1.82) is 0 Å². The van der Waals surface area contributed by atoms with E-state index in [2.05, 4.69) is 10.3 Å². The monoisotopic (exact) mass is 199 g/mol. The molecule has 1 aromatic rings. The van der Waals surface area contributed by atoms with Gasteiger partial charge in [0.2, 0.25) is 0 Å². The summed E-state index contributed by atoms with van der Waals surface area (Å²) in [6, 6.07) is 0. The molecule has 0 saturated heterocycles. The molecule has 13 heavy (non-hydrogen) atoms. The third kappa shape index (κ3) is 2.10. The summed E-state index contributed by atoms with van der Waals surface area (Å²) in [6.07, 6.45) is 3.56. The average molecular weight is 199 g/mol. The second-order valence-electron chi connectivity index (χ2n) is 2.64. The van der Waals surface area contributed by atoms with E-state index < -0.39 is 0 Å². The van der Waals surface area contributed by atoms with Crippen molar-refractivity contribution in [1.82, 2.24) is 14.9 Å². The zero-order chi connectivity index (χ0) is 9.84. The van der Waals surface area contributed by atoms with Crippen molar-refractivity contribution >= 4 is 17.5 Å². The van der Waals surface area contributed by atoms with E-state index >= 15 is 0 Å². The Kier molecular flexibility index (Phi) is 3.50. The fourth-order valence-electron chi connectivity index (χ4n) is 1.09. The molecule has 0 spiro atoms. The lowest BCUT2D eigenvalue weighted by atomic mass is 10.3. The molecule has 1 N–H and O–H groups in total. The minimum atomic E-state index is 0.0674. The predicted octanol–water partition coefficient (Wildman–Crippen LogP) is 0.544. The molecule has 0 amide bonds. The molecule has 5 heteroatoms. The molecule has 72 valence electrons. The summed E-state index contributed by atoms with van der Waals surface area (Å²) in [5.74, 6) is 0.0674. The highest BCUT2D eigenvalue weighted by Gasteiger charge is 2.11. The molecule has 0 fully saturated rings. The van der Waals surface area contributed by atoms with Crippen LogP contribution in [-0.4, -0.2) is 35.2 Å². The van der Waals surface area contributed by atoms with Crippen LogP contribution in [-0.2, 0) is 7.05 Å². The van der Waals surface area contributed by atoms with E-state index in [9.17, 15) is 4.79 Å². The Morgan fingerprint density at radius 3 is 2.92 bits per heavy atom. The zero-order valence-corrected chi connectivity index (χ0v) is 8.81. The van der Waals surface area contributed by atoms with Crippen LogP contribution in [0.5, 0.6) is 0 Å². The van der Waals surface area contributed by atoms with Gasteiger partial charge >= 0.3 is 0 Å². The third-order valence-electron chi connectivity index (χ3n) is 1.75. The zero-order valence-electron chi connectivity index (χ0n) is 8.00. The van der Waals surface area contributed by atoms with Gasteiger partial charge in [0.15, 0.2) is 10.9 Å². The molecule has 0 aliphatic rings. The van der Waals surface area contributed by atoms with Crippen molar-refractivity contribution in [2.45, 2.75) is 5.16 Å². The molecule has 0 aromatic carbocycles. The fraction of sp³-hybridized carbons (Fsp3) is 0.500. The van der Waals surface area contributed by atoms with Crippen molar-refractivity contribution in [3.8, 4) is 0 Å². The fourth-order valence-corrected chi connectivity index (χ4v) is 1.62. The lowest BCUT2D eigenvalue weighted by Crippen LogP contribution is -2.20.